The Morgan fingerprint density at radius 3 is 2.21 bits per heavy atom. The first-order valence-electron chi connectivity index (χ1n) is 11.5. The summed E-state index contributed by atoms with van der Waals surface area (Å²) in [5.74, 6) is -2.48. The van der Waals surface area contributed by atoms with Crippen molar-refractivity contribution in [3.05, 3.63) is 93.3 Å². The van der Waals surface area contributed by atoms with E-state index in [4.69, 9.17) is 23.4 Å². The third-order valence-corrected chi connectivity index (χ3v) is 5.53. The highest BCUT2D eigenvalue weighted by atomic mass is 19.4. The van der Waals surface area contributed by atoms with E-state index in [0.29, 0.717) is 17.1 Å². The number of halogens is 3. The lowest BCUT2D eigenvalue weighted by Crippen LogP contribution is -2.15. The largest absolute Gasteiger partial charge is 0.493 e. The number of hydrogen-bond acceptors (Lipinski definition) is 7. The highest BCUT2D eigenvalue weighted by Crippen LogP contribution is 2.39. The van der Waals surface area contributed by atoms with Gasteiger partial charge in [0, 0.05) is 12.1 Å². The van der Waals surface area contributed by atoms with Gasteiger partial charge in [0.2, 0.25) is 11.2 Å². The number of alkyl halides is 3. The van der Waals surface area contributed by atoms with Crippen molar-refractivity contribution in [3.63, 3.8) is 0 Å². The molecule has 0 aliphatic rings. The number of carbonyl (C=O) groups is 1. The van der Waals surface area contributed by atoms with E-state index in [1.807, 2.05) is 6.07 Å². The van der Waals surface area contributed by atoms with E-state index in [0.717, 1.165) is 23.3 Å². The van der Waals surface area contributed by atoms with Crippen LogP contribution in [0, 0.1) is 13.8 Å². The minimum atomic E-state index is -5.03. The Hall–Kier alpha value is -4.73. The lowest BCUT2D eigenvalue weighted by molar-refractivity contribution is -0.154. The topological polar surface area (TPSA) is 84.2 Å². The third kappa shape index (κ3) is 6.23. The summed E-state index contributed by atoms with van der Waals surface area (Å²) in [4.78, 5) is 25.4. The minimum Gasteiger partial charge on any atom is -0.493 e. The fourth-order valence-corrected chi connectivity index (χ4v) is 3.88. The van der Waals surface area contributed by atoms with Crippen LogP contribution in [0.4, 0.5) is 13.2 Å². The SMILES string of the molecule is COc1ccc(C=CC(=O)Oc2ccc3c(=O)c(Oc4cc(C)cc(C)c4)c(C(F)(F)F)oc3c2)cc1OC. The summed E-state index contributed by atoms with van der Waals surface area (Å²) in [5, 5.41) is -0.178. The Kier molecular flexibility index (Phi) is 7.66. The van der Waals surface area contributed by atoms with Crippen molar-refractivity contribution < 1.29 is 41.3 Å². The molecule has 4 rings (SSSR count). The predicted molar refractivity (Wildman–Crippen MR) is 138 cm³/mol. The molecule has 10 heteroatoms. The maximum Gasteiger partial charge on any atom is 0.453 e. The standard InChI is InChI=1S/C29H23F3O7/c1-16-11-17(2)13-20(12-16)38-27-26(34)21-8-7-19(15-23(21)39-28(27)29(30,31)32)37-25(33)10-6-18-5-9-22(35-3)24(14-18)36-4/h5-15H,1-4H3. The number of methoxy groups -OCH3 is 2. The van der Waals surface area contributed by atoms with Crippen molar-refractivity contribution in [1.82, 2.24) is 0 Å². The average molecular weight is 540 g/mol. The van der Waals surface area contributed by atoms with Crippen molar-refractivity contribution >= 4 is 23.0 Å². The molecule has 0 atom stereocenters. The van der Waals surface area contributed by atoms with Crippen molar-refractivity contribution in [3.8, 4) is 28.7 Å². The van der Waals surface area contributed by atoms with E-state index in [-0.39, 0.29) is 16.9 Å². The molecule has 0 bridgehead atoms. The minimum absolute atomic E-state index is 0.0662. The molecule has 0 spiro atoms. The summed E-state index contributed by atoms with van der Waals surface area (Å²) >= 11 is 0. The molecule has 0 aliphatic carbocycles. The zero-order chi connectivity index (χ0) is 28.3. The first-order chi connectivity index (χ1) is 18.5. The summed E-state index contributed by atoms with van der Waals surface area (Å²) in [6, 6.07) is 13.3. The van der Waals surface area contributed by atoms with Crippen LogP contribution in [0.2, 0.25) is 0 Å². The number of ether oxygens (including phenoxy) is 4. The second-order valence-corrected chi connectivity index (χ2v) is 8.54. The number of aryl methyl sites for hydroxylation is 2. The Bertz CT molecular complexity index is 1610. The summed E-state index contributed by atoms with van der Waals surface area (Å²) < 4.78 is 67.7. The summed E-state index contributed by atoms with van der Waals surface area (Å²) in [6.07, 6.45) is -2.44. The van der Waals surface area contributed by atoms with E-state index >= 15 is 0 Å². The van der Waals surface area contributed by atoms with Crippen molar-refractivity contribution in [1.29, 1.82) is 0 Å². The van der Waals surface area contributed by atoms with Gasteiger partial charge in [0.1, 0.15) is 17.1 Å². The second-order valence-electron chi connectivity index (χ2n) is 8.54. The lowest BCUT2D eigenvalue weighted by Gasteiger charge is -2.14. The average Bonchev–Trinajstić information content (AvgIpc) is 2.87. The molecule has 0 radical (unpaired) electrons. The molecule has 202 valence electrons. The second kappa shape index (κ2) is 10.9. The quantitative estimate of drug-likeness (QED) is 0.144. The molecule has 0 N–H and O–H groups in total. The fraction of sp³-hybridized carbons (Fsp3) is 0.172. The van der Waals surface area contributed by atoms with Gasteiger partial charge in [-0.15, -0.1) is 0 Å². The van der Waals surface area contributed by atoms with Crippen LogP contribution in [0.25, 0.3) is 17.0 Å². The van der Waals surface area contributed by atoms with Gasteiger partial charge in [-0.05, 0) is 73.0 Å². The van der Waals surface area contributed by atoms with Crippen LogP contribution < -0.4 is 24.4 Å². The smallest absolute Gasteiger partial charge is 0.453 e. The van der Waals surface area contributed by atoms with Gasteiger partial charge in [-0.1, -0.05) is 12.1 Å². The lowest BCUT2D eigenvalue weighted by atomic mass is 10.1. The summed E-state index contributed by atoms with van der Waals surface area (Å²) in [5.41, 5.74) is 0.661. The van der Waals surface area contributed by atoms with E-state index < -0.39 is 34.7 Å². The van der Waals surface area contributed by atoms with E-state index in [1.165, 1.54) is 44.6 Å². The molecule has 0 aliphatic heterocycles. The van der Waals surface area contributed by atoms with Crippen LogP contribution in [0.5, 0.6) is 28.7 Å². The van der Waals surface area contributed by atoms with Gasteiger partial charge in [-0.3, -0.25) is 4.79 Å². The van der Waals surface area contributed by atoms with Gasteiger partial charge in [0.15, 0.2) is 11.5 Å². The molecule has 0 saturated carbocycles. The molecule has 7 nitrogen and oxygen atoms in total. The zero-order valence-electron chi connectivity index (χ0n) is 21.3. The van der Waals surface area contributed by atoms with Gasteiger partial charge in [0.25, 0.3) is 5.76 Å². The monoisotopic (exact) mass is 540 g/mol. The van der Waals surface area contributed by atoms with Crippen molar-refractivity contribution in [2.75, 3.05) is 14.2 Å². The maximum absolute atomic E-state index is 13.9. The van der Waals surface area contributed by atoms with E-state index in [2.05, 4.69) is 0 Å². The number of rotatable bonds is 7. The maximum atomic E-state index is 13.9. The Morgan fingerprint density at radius 2 is 1.56 bits per heavy atom. The van der Waals surface area contributed by atoms with Gasteiger partial charge in [-0.25, -0.2) is 4.79 Å². The Morgan fingerprint density at radius 1 is 0.872 bits per heavy atom. The molecule has 4 aromatic rings. The highest BCUT2D eigenvalue weighted by molar-refractivity contribution is 5.89. The number of fused-ring (bicyclic) bond motifs is 1. The van der Waals surface area contributed by atoms with Gasteiger partial charge in [0.05, 0.1) is 19.6 Å². The molecule has 1 heterocycles. The molecule has 0 unspecified atom stereocenters. The number of carbonyl (C=O) groups excluding carboxylic acids is 1. The van der Waals surface area contributed by atoms with Gasteiger partial charge < -0.3 is 23.4 Å². The first-order valence-corrected chi connectivity index (χ1v) is 11.5. The molecule has 0 saturated heterocycles. The van der Waals surface area contributed by atoms with Crippen LogP contribution in [-0.4, -0.2) is 20.2 Å². The number of esters is 1. The summed E-state index contributed by atoms with van der Waals surface area (Å²) in [7, 11) is 2.97. The molecule has 1 aromatic heterocycles. The molecular weight excluding hydrogens is 517 g/mol. The predicted octanol–water partition coefficient (Wildman–Crippen LogP) is 6.86. The van der Waals surface area contributed by atoms with Crippen molar-refractivity contribution in [2.45, 2.75) is 20.0 Å². The van der Waals surface area contributed by atoms with Crippen LogP contribution in [0.15, 0.2) is 69.9 Å². The molecule has 39 heavy (non-hydrogen) atoms. The molecule has 0 fully saturated rings. The summed E-state index contributed by atoms with van der Waals surface area (Å²) in [6.45, 7) is 3.50. The molecule has 3 aromatic carbocycles. The zero-order valence-corrected chi connectivity index (χ0v) is 21.3. The number of hydrogen-bond donors (Lipinski definition) is 0. The van der Waals surface area contributed by atoms with Crippen LogP contribution in [0.1, 0.15) is 22.5 Å². The number of benzene rings is 3. The fourth-order valence-electron chi connectivity index (χ4n) is 3.88. The van der Waals surface area contributed by atoms with Crippen molar-refractivity contribution in [2.24, 2.45) is 0 Å². The Labute approximate surface area is 221 Å². The van der Waals surface area contributed by atoms with Crippen LogP contribution in [0.3, 0.4) is 0 Å². The van der Waals surface area contributed by atoms with E-state index in [9.17, 15) is 22.8 Å². The first kappa shape index (κ1) is 27.3. The molecule has 0 amide bonds. The third-order valence-electron chi connectivity index (χ3n) is 5.53. The van der Waals surface area contributed by atoms with Crippen LogP contribution >= 0.6 is 0 Å². The molecular formula is C29H23F3O7. The van der Waals surface area contributed by atoms with Gasteiger partial charge >= 0.3 is 12.1 Å². The van der Waals surface area contributed by atoms with Gasteiger partial charge in [-0.2, -0.15) is 13.2 Å². The normalized spacial score (nSPS) is 11.6. The van der Waals surface area contributed by atoms with Crippen LogP contribution in [-0.2, 0) is 11.0 Å². The highest BCUT2D eigenvalue weighted by Gasteiger charge is 2.40. The Balaban J connectivity index is 1.64. The van der Waals surface area contributed by atoms with E-state index in [1.54, 1.807) is 32.0 Å².